The molecule has 8 nitrogen and oxygen atoms in total. The fourth-order valence-corrected chi connectivity index (χ4v) is 1.99. The molecule has 2 rings (SSSR count). The fraction of sp³-hybridized carbons (Fsp3) is 0.700. The van der Waals surface area contributed by atoms with Crippen LogP contribution in [-0.2, 0) is 11.8 Å². The summed E-state index contributed by atoms with van der Waals surface area (Å²) in [5.41, 5.74) is -1.00. The van der Waals surface area contributed by atoms with E-state index in [9.17, 15) is 15.2 Å². The Kier molecular flexibility index (Phi) is 3.22. The summed E-state index contributed by atoms with van der Waals surface area (Å²) in [6.07, 6.45) is 1.57. The lowest BCUT2D eigenvalue weighted by atomic mass is 9.97. The molecule has 1 aromatic rings. The van der Waals surface area contributed by atoms with Crippen molar-refractivity contribution in [3.8, 4) is 0 Å². The van der Waals surface area contributed by atoms with E-state index in [1.165, 1.54) is 10.9 Å². The minimum Gasteiger partial charge on any atom is -0.385 e. The maximum atomic E-state index is 10.8. The van der Waals surface area contributed by atoms with E-state index in [0.717, 1.165) is 0 Å². The van der Waals surface area contributed by atoms with E-state index in [-0.39, 0.29) is 24.3 Å². The van der Waals surface area contributed by atoms with Crippen LogP contribution in [0, 0.1) is 10.1 Å². The second-order valence-corrected chi connectivity index (χ2v) is 4.50. The fourth-order valence-electron chi connectivity index (χ4n) is 1.99. The maximum Gasteiger partial charge on any atom is 0.406 e. The lowest BCUT2D eigenvalue weighted by Crippen LogP contribution is -2.43. The Labute approximate surface area is 104 Å². The van der Waals surface area contributed by atoms with Crippen LogP contribution in [0.25, 0.3) is 0 Å². The van der Waals surface area contributed by atoms with Crippen molar-refractivity contribution in [2.75, 3.05) is 18.5 Å². The summed E-state index contributed by atoms with van der Waals surface area (Å²) in [5.74, 6) is 0.0418. The van der Waals surface area contributed by atoms with Crippen molar-refractivity contribution >= 4 is 11.6 Å². The van der Waals surface area contributed by atoms with Gasteiger partial charge in [0.1, 0.15) is 5.60 Å². The Balaban J connectivity index is 2.11. The topological polar surface area (TPSA) is 102 Å². The molecule has 0 radical (unpaired) electrons. The summed E-state index contributed by atoms with van der Waals surface area (Å²) in [5, 5.41) is 24.0. The zero-order valence-corrected chi connectivity index (χ0v) is 10.3. The number of rotatable bonds is 4. The Hall–Kier alpha value is -1.67. The average Bonchev–Trinajstić information content (AvgIpc) is 2.82. The van der Waals surface area contributed by atoms with Crippen molar-refractivity contribution in [3.05, 3.63) is 16.4 Å². The number of nitrogens with zero attached hydrogens (tertiary/aromatic N) is 3. The number of nitrogens with one attached hydrogen (secondary N) is 1. The number of hydrogen-bond acceptors (Lipinski definition) is 6. The number of imidazole rings is 1. The summed E-state index contributed by atoms with van der Waals surface area (Å²) in [6.45, 7) is 2.47. The molecule has 0 bridgehead atoms. The van der Waals surface area contributed by atoms with Crippen molar-refractivity contribution in [2.24, 2.45) is 7.05 Å². The molecule has 8 heteroatoms. The molecule has 0 amide bonds. The van der Waals surface area contributed by atoms with Crippen LogP contribution in [0.1, 0.15) is 13.3 Å². The third-order valence-electron chi connectivity index (χ3n) is 3.31. The minimum absolute atomic E-state index is 0.189. The molecule has 100 valence electrons. The van der Waals surface area contributed by atoms with Crippen LogP contribution in [0.5, 0.6) is 0 Å². The summed E-state index contributed by atoms with van der Waals surface area (Å²) >= 11 is 0. The second kappa shape index (κ2) is 4.54. The monoisotopic (exact) mass is 256 g/mol. The molecule has 18 heavy (non-hydrogen) atoms. The van der Waals surface area contributed by atoms with Crippen molar-refractivity contribution in [2.45, 2.75) is 25.0 Å². The number of aliphatic hydroxyl groups is 1. The van der Waals surface area contributed by atoms with E-state index in [0.29, 0.717) is 13.0 Å². The minimum atomic E-state index is -1.00. The lowest BCUT2D eigenvalue weighted by molar-refractivity contribution is -0.388. The van der Waals surface area contributed by atoms with E-state index in [2.05, 4.69) is 10.3 Å². The van der Waals surface area contributed by atoms with Gasteiger partial charge in [0.15, 0.2) is 0 Å². The summed E-state index contributed by atoms with van der Waals surface area (Å²) in [6, 6.07) is 0. The van der Waals surface area contributed by atoms with Gasteiger partial charge in [0.25, 0.3) is 0 Å². The van der Waals surface area contributed by atoms with Crippen molar-refractivity contribution in [1.82, 2.24) is 9.55 Å². The zero-order valence-electron chi connectivity index (χ0n) is 10.3. The van der Waals surface area contributed by atoms with Gasteiger partial charge in [-0.3, -0.25) is 4.57 Å². The molecule has 2 unspecified atom stereocenters. The smallest absolute Gasteiger partial charge is 0.385 e. The highest BCUT2D eigenvalue weighted by Crippen LogP contribution is 2.28. The molecule has 1 fully saturated rings. The first-order valence-electron chi connectivity index (χ1n) is 5.67. The van der Waals surface area contributed by atoms with E-state index < -0.39 is 10.5 Å². The standard InChI is InChI=1S/C10H16N4O4/c1-7-10(15,3-4-18-7)5-11-8-9(14(16)17)12-6-13(8)2/h6-7,11,15H,3-5H2,1-2H3. The quantitative estimate of drug-likeness (QED) is 0.592. The highest BCUT2D eigenvalue weighted by Gasteiger charge is 2.40. The van der Waals surface area contributed by atoms with Crippen molar-refractivity contribution < 1.29 is 14.8 Å². The predicted octanol–water partition coefficient (Wildman–Crippen LogP) is 0.280. The van der Waals surface area contributed by atoms with Gasteiger partial charge in [0.2, 0.25) is 12.1 Å². The van der Waals surface area contributed by atoms with Crippen molar-refractivity contribution in [3.63, 3.8) is 0 Å². The van der Waals surface area contributed by atoms with Crippen LogP contribution in [0.15, 0.2) is 6.33 Å². The molecule has 2 N–H and O–H groups in total. The normalized spacial score (nSPS) is 27.4. The lowest BCUT2D eigenvalue weighted by Gasteiger charge is -2.26. The Morgan fingerprint density at radius 2 is 2.56 bits per heavy atom. The van der Waals surface area contributed by atoms with E-state index >= 15 is 0 Å². The molecular formula is C10H16N4O4. The molecule has 2 heterocycles. The molecule has 1 saturated heterocycles. The summed E-state index contributed by atoms with van der Waals surface area (Å²) in [4.78, 5) is 13.9. The number of aromatic nitrogens is 2. The number of anilines is 1. The van der Waals surface area contributed by atoms with Crippen LogP contribution < -0.4 is 5.32 Å². The molecule has 2 atom stereocenters. The van der Waals surface area contributed by atoms with Crippen LogP contribution in [0.4, 0.5) is 11.6 Å². The molecule has 1 aliphatic heterocycles. The van der Waals surface area contributed by atoms with Gasteiger partial charge in [-0.1, -0.05) is 0 Å². The largest absolute Gasteiger partial charge is 0.406 e. The molecule has 0 spiro atoms. The number of nitro groups is 1. The van der Waals surface area contributed by atoms with Gasteiger partial charge in [-0.15, -0.1) is 0 Å². The molecule has 0 aromatic carbocycles. The van der Waals surface area contributed by atoms with Gasteiger partial charge in [-0.2, -0.15) is 0 Å². The van der Waals surface area contributed by atoms with Gasteiger partial charge in [-0.05, 0) is 16.8 Å². The predicted molar refractivity (Wildman–Crippen MR) is 63.3 cm³/mol. The van der Waals surface area contributed by atoms with Crippen LogP contribution in [-0.4, -0.2) is 44.4 Å². The number of aryl methyl sites for hydroxylation is 1. The Morgan fingerprint density at radius 3 is 3.11 bits per heavy atom. The zero-order chi connectivity index (χ0) is 13.3. The first-order chi connectivity index (χ1) is 8.44. The van der Waals surface area contributed by atoms with Crippen LogP contribution in [0.2, 0.25) is 0 Å². The van der Waals surface area contributed by atoms with E-state index in [1.54, 1.807) is 14.0 Å². The molecule has 1 aliphatic rings. The van der Waals surface area contributed by atoms with Gasteiger partial charge in [0, 0.05) is 26.6 Å². The van der Waals surface area contributed by atoms with Gasteiger partial charge in [0.05, 0.1) is 6.10 Å². The number of hydrogen-bond donors (Lipinski definition) is 2. The highest BCUT2D eigenvalue weighted by atomic mass is 16.6. The van der Waals surface area contributed by atoms with Gasteiger partial charge < -0.3 is 25.3 Å². The highest BCUT2D eigenvalue weighted by molar-refractivity contribution is 5.52. The third kappa shape index (κ3) is 2.16. The summed E-state index contributed by atoms with van der Waals surface area (Å²) < 4.78 is 6.82. The van der Waals surface area contributed by atoms with Gasteiger partial charge >= 0.3 is 5.82 Å². The first kappa shape index (κ1) is 12.8. The van der Waals surface area contributed by atoms with E-state index in [4.69, 9.17) is 4.74 Å². The molecule has 0 saturated carbocycles. The van der Waals surface area contributed by atoms with Gasteiger partial charge in [-0.25, -0.2) is 0 Å². The number of ether oxygens (including phenoxy) is 1. The average molecular weight is 256 g/mol. The first-order valence-corrected chi connectivity index (χ1v) is 5.67. The van der Waals surface area contributed by atoms with E-state index in [1.807, 2.05) is 0 Å². The molecular weight excluding hydrogens is 240 g/mol. The van der Waals surface area contributed by atoms with Crippen LogP contribution >= 0.6 is 0 Å². The molecule has 1 aromatic heterocycles. The van der Waals surface area contributed by atoms with Crippen LogP contribution in [0.3, 0.4) is 0 Å². The van der Waals surface area contributed by atoms with Crippen molar-refractivity contribution in [1.29, 1.82) is 0 Å². The summed E-state index contributed by atoms with van der Waals surface area (Å²) in [7, 11) is 1.65. The Morgan fingerprint density at radius 1 is 1.83 bits per heavy atom. The Bertz CT molecular complexity index is 461. The maximum absolute atomic E-state index is 10.8. The second-order valence-electron chi connectivity index (χ2n) is 4.50. The molecule has 0 aliphatic carbocycles. The SMILES string of the molecule is CC1OCCC1(O)CNc1c([N+](=O)[O-])ncn1C. The third-order valence-corrected chi connectivity index (χ3v) is 3.31.